The third-order valence-corrected chi connectivity index (χ3v) is 1.84. The van der Waals surface area contributed by atoms with E-state index < -0.39 is 0 Å². The average Bonchev–Trinajstić information content (AvgIpc) is 2.40. The zero-order valence-corrected chi connectivity index (χ0v) is 6.94. The molecule has 0 aliphatic carbocycles. The Morgan fingerprint density at radius 1 is 1.70 bits per heavy atom. The first kappa shape index (κ1) is 7.69. The van der Waals surface area contributed by atoms with Crippen molar-refractivity contribution in [1.29, 1.82) is 0 Å². The Labute approximate surface area is 66.7 Å². The molecule has 0 amide bonds. The molecular formula is C7H12N2S. The van der Waals surface area contributed by atoms with Gasteiger partial charge in [-0.25, -0.2) is 0 Å². The molecular weight excluding hydrogens is 144 g/mol. The minimum absolute atomic E-state index is 0.797. The molecule has 0 radical (unpaired) electrons. The van der Waals surface area contributed by atoms with E-state index in [4.69, 9.17) is 0 Å². The van der Waals surface area contributed by atoms with Crippen LogP contribution in [-0.2, 0) is 6.54 Å². The molecule has 0 aromatic carbocycles. The molecule has 0 fully saturated rings. The van der Waals surface area contributed by atoms with Crippen LogP contribution in [0, 0.1) is 0 Å². The van der Waals surface area contributed by atoms with E-state index in [1.54, 1.807) is 0 Å². The number of rotatable bonds is 3. The van der Waals surface area contributed by atoms with Crippen molar-refractivity contribution < 1.29 is 0 Å². The van der Waals surface area contributed by atoms with Gasteiger partial charge in [-0.2, -0.15) is 12.6 Å². The molecule has 1 aromatic rings. The van der Waals surface area contributed by atoms with Crippen molar-refractivity contribution in [3.8, 4) is 0 Å². The lowest BCUT2D eigenvalue weighted by Gasteiger charge is -2.10. The van der Waals surface area contributed by atoms with Gasteiger partial charge in [0.1, 0.15) is 0 Å². The second-order valence-corrected chi connectivity index (χ2v) is 2.66. The van der Waals surface area contributed by atoms with E-state index >= 15 is 0 Å². The summed E-state index contributed by atoms with van der Waals surface area (Å²) in [6, 6.07) is 2.07. The summed E-state index contributed by atoms with van der Waals surface area (Å²) in [4.78, 5) is 5.14. The molecule has 0 saturated heterocycles. The monoisotopic (exact) mass is 156 g/mol. The highest BCUT2D eigenvalue weighted by atomic mass is 32.1. The van der Waals surface area contributed by atoms with Gasteiger partial charge < -0.3 is 4.98 Å². The SMILES string of the molecule is CN(CS)Cc1cc[nH]c1. The third kappa shape index (κ3) is 2.08. The summed E-state index contributed by atoms with van der Waals surface area (Å²) < 4.78 is 0. The predicted octanol–water partition coefficient (Wildman–Crippen LogP) is 1.33. The van der Waals surface area contributed by atoms with Crippen molar-refractivity contribution >= 4 is 12.6 Å². The molecule has 2 nitrogen and oxygen atoms in total. The predicted molar refractivity (Wildman–Crippen MR) is 46.1 cm³/mol. The summed E-state index contributed by atoms with van der Waals surface area (Å²) in [5.41, 5.74) is 1.30. The van der Waals surface area contributed by atoms with E-state index in [2.05, 4.69) is 28.6 Å². The normalized spacial score (nSPS) is 10.7. The quantitative estimate of drug-likeness (QED) is 0.499. The number of aromatic amines is 1. The van der Waals surface area contributed by atoms with Gasteiger partial charge >= 0.3 is 0 Å². The lowest BCUT2D eigenvalue weighted by Crippen LogP contribution is -2.14. The number of hydrogen-bond acceptors (Lipinski definition) is 2. The van der Waals surface area contributed by atoms with E-state index in [1.807, 2.05) is 19.4 Å². The average molecular weight is 156 g/mol. The van der Waals surface area contributed by atoms with Crippen LogP contribution in [-0.4, -0.2) is 22.8 Å². The van der Waals surface area contributed by atoms with Crippen molar-refractivity contribution in [2.24, 2.45) is 0 Å². The number of nitrogens with zero attached hydrogens (tertiary/aromatic N) is 1. The molecule has 0 aliphatic rings. The minimum atomic E-state index is 0.797. The second kappa shape index (κ2) is 3.68. The summed E-state index contributed by atoms with van der Waals surface area (Å²) in [6.45, 7) is 0.965. The molecule has 1 aromatic heterocycles. The van der Waals surface area contributed by atoms with Crippen LogP contribution in [0.2, 0.25) is 0 Å². The van der Waals surface area contributed by atoms with Crippen molar-refractivity contribution in [3.05, 3.63) is 24.0 Å². The first-order valence-corrected chi connectivity index (χ1v) is 3.87. The lowest BCUT2D eigenvalue weighted by atomic mass is 10.3. The fourth-order valence-electron chi connectivity index (χ4n) is 0.818. The third-order valence-electron chi connectivity index (χ3n) is 1.36. The van der Waals surface area contributed by atoms with Crippen LogP contribution >= 0.6 is 12.6 Å². The number of aromatic nitrogens is 1. The fourth-order valence-corrected chi connectivity index (χ4v) is 0.918. The minimum Gasteiger partial charge on any atom is -0.367 e. The Kier molecular flexibility index (Phi) is 2.83. The van der Waals surface area contributed by atoms with Gasteiger partial charge in [-0.05, 0) is 18.7 Å². The summed E-state index contributed by atoms with van der Waals surface area (Å²) in [7, 11) is 2.04. The van der Waals surface area contributed by atoms with Gasteiger partial charge in [0.05, 0.1) is 0 Å². The molecule has 0 aliphatic heterocycles. The summed E-state index contributed by atoms with van der Waals surface area (Å²) in [5.74, 6) is 0.797. The van der Waals surface area contributed by atoms with E-state index in [1.165, 1.54) is 5.56 Å². The van der Waals surface area contributed by atoms with Crippen LogP contribution < -0.4 is 0 Å². The summed E-state index contributed by atoms with van der Waals surface area (Å²) in [6.07, 6.45) is 3.93. The second-order valence-electron chi connectivity index (χ2n) is 2.37. The van der Waals surface area contributed by atoms with Gasteiger partial charge in [0, 0.05) is 24.8 Å². The van der Waals surface area contributed by atoms with Crippen LogP contribution in [0.15, 0.2) is 18.5 Å². The van der Waals surface area contributed by atoms with Gasteiger partial charge in [-0.3, -0.25) is 4.90 Å². The van der Waals surface area contributed by atoms with Gasteiger partial charge in [0.25, 0.3) is 0 Å². The maximum absolute atomic E-state index is 4.14. The molecule has 0 spiro atoms. The van der Waals surface area contributed by atoms with Crippen LogP contribution in [0.4, 0.5) is 0 Å². The molecule has 56 valence electrons. The Balaban J connectivity index is 2.40. The van der Waals surface area contributed by atoms with Crippen LogP contribution in [0.3, 0.4) is 0 Å². The first-order chi connectivity index (χ1) is 4.83. The molecule has 0 unspecified atom stereocenters. The number of nitrogens with one attached hydrogen (secondary N) is 1. The van der Waals surface area contributed by atoms with E-state index in [0.29, 0.717) is 0 Å². The van der Waals surface area contributed by atoms with Crippen molar-refractivity contribution in [2.75, 3.05) is 12.9 Å². The maximum atomic E-state index is 4.14. The molecule has 1 heterocycles. The highest BCUT2D eigenvalue weighted by Gasteiger charge is 1.95. The van der Waals surface area contributed by atoms with E-state index in [9.17, 15) is 0 Å². The van der Waals surface area contributed by atoms with Crippen LogP contribution in [0.5, 0.6) is 0 Å². The highest BCUT2D eigenvalue weighted by molar-refractivity contribution is 7.80. The van der Waals surface area contributed by atoms with Gasteiger partial charge in [0.15, 0.2) is 0 Å². The topological polar surface area (TPSA) is 19.0 Å². The van der Waals surface area contributed by atoms with Gasteiger partial charge in [-0.15, -0.1) is 0 Å². The molecule has 0 saturated carbocycles. The highest BCUT2D eigenvalue weighted by Crippen LogP contribution is 2.00. The molecule has 0 atom stereocenters. The largest absolute Gasteiger partial charge is 0.367 e. The molecule has 1 N–H and O–H groups in total. The Morgan fingerprint density at radius 2 is 2.50 bits per heavy atom. The fraction of sp³-hybridized carbons (Fsp3) is 0.429. The number of thiol groups is 1. The molecule has 3 heteroatoms. The number of H-pyrrole nitrogens is 1. The lowest BCUT2D eigenvalue weighted by molar-refractivity contribution is 0.388. The Hall–Kier alpha value is -0.410. The summed E-state index contributed by atoms with van der Waals surface area (Å²) in [5, 5.41) is 0. The van der Waals surface area contributed by atoms with Crippen molar-refractivity contribution in [2.45, 2.75) is 6.54 Å². The standard InChI is InChI=1S/C7H12N2S/c1-9(6-10)5-7-2-3-8-4-7/h2-4,8,10H,5-6H2,1H3. The van der Waals surface area contributed by atoms with E-state index in [-0.39, 0.29) is 0 Å². The van der Waals surface area contributed by atoms with Crippen molar-refractivity contribution in [3.63, 3.8) is 0 Å². The Bertz CT molecular complexity index is 172. The molecule has 0 bridgehead atoms. The van der Waals surface area contributed by atoms with E-state index in [0.717, 1.165) is 12.4 Å². The molecule has 1 rings (SSSR count). The number of hydrogen-bond donors (Lipinski definition) is 2. The van der Waals surface area contributed by atoms with Gasteiger partial charge in [0.2, 0.25) is 0 Å². The Morgan fingerprint density at radius 3 is 3.00 bits per heavy atom. The van der Waals surface area contributed by atoms with Crippen LogP contribution in [0.1, 0.15) is 5.56 Å². The van der Waals surface area contributed by atoms with Crippen LogP contribution in [0.25, 0.3) is 0 Å². The zero-order valence-electron chi connectivity index (χ0n) is 6.04. The smallest absolute Gasteiger partial charge is 0.0414 e. The molecule has 10 heavy (non-hydrogen) atoms. The van der Waals surface area contributed by atoms with Gasteiger partial charge in [-0.1, -0.05) is 0 Å². The van der Waals surface area contributed by atoms with Crippen molar-refractivity contribution in [1.82, 2.24) is 9.88 Å². The maximum Gasteiger partial charge on any atom is 0.0414 e. The first-order valence-electron chi connectivity index (χ1n) is 3.24. The summed E-state index contributed by atoms with van der Waals surface area (Å²) >= 11 is 4.14. The zero-order chi connectivity index (χ0) is 7.40.